The van der Waals surface area contributed by atoms with Crippen molar-refractivity contribution in [3.05, 3.63) is 58.6 Å². The molecule has 3 nitrogen and oxygen atoms in total. The molecule has 5 heteroatoms. The minimum atomic E-state index is -0.475. The zero-order valence-corrected chi connectivity index (χ0v) is 10.1. The fourth-order valence-electron chi connectivity index (χ4n) is 1.57. The number of ketones is 1. The largest absolute Gasteiger partial charge is 0.398 e. The van der Waals surface area contributed by atoms with Gasteiger partial charge in [0.05, 0.1) is 5.02 Å². The highest BCUT2D eigenvalue weighted by atomic mass is 35.5. The van der Waals surface area contributed by atoms with E-state index in [0.717, 1.165) is 6.07 Å². The molecule has 0 saturated carbocycles. The van der Waals surface area contributed by atoms with Crippen LogP contribution in [0.25, 0.3) is 0 Å². The first-order valence-electron chi connectivity index (χ1n) is 5.24. The highest BCUT2D eigenvalue weighted by Gasteiger charge is 2.13. The predicted molar refractivity (Wildman–Crippen MR) is 68.1 cm³/mol. The van der Waals surface area contributed by atoms with Crippen LogP contribution in [0.15, 0.2) is 36.7 Å². The number of nitrogens with two attached hydrogens (primary N) is 1. The van der Waals surface area contributed by atoms with E-state index in [0.29, 0.717) is 11.3 Å². The summed E-state index contributed by atoms with van der Waals surface area (Å²) in [5.41, 5.74) is 7.13. The minimum Gasteiger partial charge on any atom is -0.398 e. The highest BCUT2D eigenvalue weighted by Crippen LogP contribution is 2.20. The van der Waals surface area contributed by atoms with Crippen molar-refractivity contribution in [1.82, 2.24) is 4.98 Å². The van der Waals surface area contributed by atoms with Crippen LogP contribution in [0.1, 0.15) is 15.9 Å². The number of hydrogen-bond acceptors (Lipinski definition) is 3. The van der Waals surface area contributed by atoms with Gasteiger partial charge in [0.25, 0.3) is 0 Å². The Morgan fingerprint density at radius 3 is 2.83 bits per heavy atom. The van der Waals surface area contributed by atoms with E-state index in [2.05, 4.69) is 4.98 Å². The van der Waals surface area contributed by atoms with Gasteiger partial charge in [-0.2, -0.15) is 0 Å². The van der Waals surface area contributed by atoms with Gasteiger partial charge in [-0.1, -0.05) is 11.6 Å². The van der Waals surface area contributed by atoms with Crippen LogP contribution in [-0.4, -0.2) is 10.8 Å². The maximum Gasteiger partial charge on any atom is 0.168 e. The molecule has 0 spiro atoms. The number of halogens is 2. The molecule has 0 saturated heterocycles. The van der Waals surface area contributed by atoms with Crippen LogP contribution in [0.3, 0.4) is 0 Å². The quantitative estimate of drug-likeness (QED) is 0.868. The minimum absolute atomic E-state index is 0.0883. The first-order chi connectivity index (χ1) is 8.58. The molecule has 92 valence electrons. The standard InChI is InChI=1S/C13H10ClFN2O/c14-11-6-9(15)1-2-10(11)13(18)5-8-7-17-4-3-12(8)16/h1-4,6-7H,5H2,(H2,16,17). The fraction of sp³-hybridized carbons (Fsp3) is 0.0769. The van der Waals surface area contributed by atoms with Gasteiger partial charge in [-0.05, 0) is 24.3 Å². The van der Waals surface area contributed by atoms with Crippen LogP contribution >= 0.6 is 11.6 Å². The van der Waals surface area contributed by atoms with E-state index in [-0.39, 0.29) is 22.8 Å². The molecule has 0 fully saturated rings. The first kappa shape index (κ1) is 12.5. The van der Waals surface area contributed by atoms with E-state index < -0.39 is 5.82 Å². The molecule has 1 aromatic heterocycles. The van der Waals surface area contributed by atoms with Gasteiger partial charge >= 0.3 is 0 Å². The van der Waals surface area contributed by atoms with Crippen LogP contribution < -0.4 is 5.73 Å². The van der Waals surface area contributed by atoms with Crippen molar-refractivity contribution in [3.63, 3.8) is 0 Å². The molecule has 0 aliphatic carbocycles. The Hall–Kier alpha value is -1.94. The van der Waals surface area contributed by atoms with Crippen molar-refractivity contribution in [1.29, 1.82) is 0 Å². The number of anilines is 1. The topological polar surface area (TPSA) is 56.0 Å². The molecule has 0 aliphatic heterocycles. The molecule has 0 atom stereocenters. The Kier molecular flexibility index (Phi) is 3.58. The SMILES string of the molecule is Nc1ccncc1CC(=O)c1ccc(F)cc1Cl. The van der Waals surface area contributed by atoms with Crippen LogP contribution in [0.2, 0.25) is 5.02 Å². The maximum atomic E-state index is 12.9. The van der Waals surface area contributed by atoms with Gasteiger partial charge < -0.3 is 5.73 Å². The summed E-state index contributed by atoms with van der Waals surface area (Å²) in [6.45, 7) is 0. The Balaban J connectivity index is 2.25. The second-order valence-electron chi connectivity index (χ2n) is 3.80. The second kappa shape index (κ2) is 5.14. The normalized spacial score (nSPS) is 10.3. The molecular weight excluding hydrogens is 255 g/mol. The van der Waals surface area contributed by atoms with Crippen LogP contribution in [0.4, 0.5) is 10.1 Å². The number of Topliss-reactive ketones (excluding diaryl/α,β-unsaturated/α-hetero) is 1. The molecule has 0 aliphatic rings. The third-order valence-corrected chi connectivity index (χ3v) is 2.84. The van der Waals surface area contributed by atoms with Gasteiger partial charge in [0.15, 0.2) is 5.78 Å². The number of pyridine rings is 1. The summed E-state index contributed by atoms with van der Waals surface area (Å²) in [6, 6.07) is 5.30. The number of carbonyl (C=O) groups excluding carboxylic acids is 1. The van der Waals surface area contributed by atoms with Crippen molar-refractivity contribution in [3.8, 4) is 0 Å². The number of hydrogen-bond donors (Lipinski definition) is 1. The fourth-order valence-corrected chi connectivity index (χ4v) is 1.84. The molecule has 0 radical (unpaired) electrons. The molecule has 0 amide bonds. The second-order valence-corrected chi connectivity index (χ2v) is 4.21. The van der Waals surface area contributed by atoms with E-state index in [1.54, 1.807) is 12.3 Å². The van der Waals surface area contributed by atoms with Crippen LogP contribution in [0.5, 0.6) is 0 Å². The number of nitrogens with zero attached hydrogens (tertiary/aromatic N) is 1. The zero-order chi connectivity index (χ0) is 13.1. The van der Waals surface area contributed by atoms with Crippen LogP contribution in [-0.2, 0) is 6.42 Å². The highest BCUT2D eigenvalue weighted by molar-refractivity contribution is 6.34. The lowest BCUT2D eigenvalue weighted by atomic mass is 10.0. The summed E-state index contributed by atoms with van der Waals surface area (Å²) in [7, 11) is 0. The number of rotatable bonds is 3. The summed E-state index contributed by atoms with van der Waals surface area (Å²) in [6.07, 6.45) is 3.17. The summed E-state index contributed by atoms with van der Waals surface area (Å²) in [4.78, 5) is 15.9. The summed E-state index contributed by atoms with van der Waals surface area (Å²) in [5, 5.41) is 0.0995. The van der Waals surface area contributed by atoms with Crippen molar-refractivity contribution in [2.24, 2.45) is 0 Å². The van der Waals surface area contributed by atoms with E-state index in [4.69, 9.17) is 17.3 Å². The lowest BCUT2D eigenvalue weighted by Gasteiger charge is -2.05. The molecule has 2 N–H and O–H groups in total. The number of nitrogen functional groups attached to an aromatic ring is 1. The van der Waals surface area contributed by atoms with E-state index in [1.165, 1.54) is 18.3 Å². The van der Waals surface area contributed by atoms with Gasteiger partial charge in [0.1, 0.15) is 5.82 Å². The average Bonchev–Trinajstić information content (AvgIpc) is 2.32. The van der Waals surface area contributed by atoms with E-state index in [1.807, 2.05) is 0 Å². The van der Waals surface area contributed by atoms with Crippen molar-refractivity contribution in [2.75, 3.05) is 5.73 Å². The molecule has 2 aromatic rings. The molecular formula is C13H10ClFN2O. The van der Waals surface area contributed by atoms with Gasteiger partial charge in [-0.3, -0.25) is 9.78 Å². The molecule has 18 heavy (non-hydrogen) atoms. The smallest absolute Gasteiger partial charge is 0.168 e. The van der Waals surface area contributed by atoms with Gasteiger partial charge in [0, 0.05) is 35.6 Å². The molecule has 1 heterocycles. The Morgan fingerprint density at radius 2 is 2.17 bits per heavy atom. The third kappa shape index (κ3) is 2.65. The number of benzene rings is 1. The maximum absolute atomic E-state index is 12.9. The first-order valence-corrected chi connectivity index (χ1v) is 5.62. The average molecular weight is 265 g/mol. The lowest BCUT2D eigenvalue weighted by molar-refractivity contribution is 0.0993. The Bertz CT molecular complexity index is 601. The lowest BCUT2D eigenvalue weighted by Crippen LogP contribution is -2.07. The summed E-state index contributed by atoms with van der Waals surface area (Å²) >= 11 is 5.82. The predicted octanol–water partition coefficient (Wildman–Crippen LogP) is 2.88. The van der Waals surface area contributed by atoms with Crippen molar-refractivity contribution in [2.45, 2.75) is 6.42 Å². The summed E-state index contributed by atoms with van der Waals surface area (Å²) < 4.78 is 12.9. The Labute approximate surface area is 108 Å². The molecule has 0 bridgehead atoms. The van der Waals surface area contributed by atoms with E-state index in [9.17, 15) is 9.18 Å². The van der Waals surface area contributed by atoms with Gasteiger partial charge in [-0.15, -0.1) is 0 Å². The van der Waals surface area contributed by atoms with Crippen molar-refractivity contribution >= 4 is 23.1 Å². The Morgan fingerprint density at radius 1 is 1.39 bits per heavy atom. The number of carbonyl (C=O) groups is 1. The van der Waals surface area contributed by atoms with Crippen molar-refractivity contribution < 1.29 is 9.18 Å². The molecule has 2 rings (SSSR count). The van der Waals surface area contributed by atoms with Gasteiger partial charge in [-0.25, -0.2) is 4.39 Å². The molecule has 1 aromatic carbocycles. The number of aromatic nitrogens is 1. The monoisotopic (exact) mass is 264 g/mol. The zero-order valence-electron chi connectivity index (χ0n) is 9.36. The van der Waals surface area contributed by atoms with Crippen LogP contribution in [0, 0.1) is 5.82 Å². The van der Waals surface area contributed by atoms with E-state index >= 15 is 0 Å². The molecule has 0 unspecified atom stereocenters. The van der Waals surface area contributed by atoms with Gasteiger partial charge in [0.2, 0.25) is 0 Å². The third-order valence-electron chi connectivity index (χ3n) is 2.52. The summed E-state index contributed by atoms with van der Waals surface area (Å²) in [5.74, 6) is -0.697.